The molecule has 0 unspecified atom stereocenters. The van der Waals surface area contributed by atoms with Crippen LogP contribution in [0.2, 0.25) is 0 Å². The van der Waals surface area contributed by atoms with Gasteiger partial charge in [-0.2, -0.15) is 0 Å². The van der Waals surface area contributed by atoms with E-state index in [1.54, 1.807) is 19.0 Å². The number of H-pyrrole nitrogens is 1. The molecule has 0 radical (unpaired) electrons. The Morgan fingerprint density at radius 1 is 1.04 bits per heavy atom. The number of aryl methyl sites for hydroxylation is 1. The number of amides is 4. The maximum atomic E-state index is 15.0. The molecular formula is C44H63N5O5. The highest BCUT2D eigenvalue weighted by Crippen LogP contribution is 2.54. The average Bonchev–Trinajstić information content (AvgIpc) is 3.82. The number of rotatable bonds is 14. The Hall–Kier alpha value is -3.92. The molecule has 1 aliphatic carbocycles. The molecule has 1 saturated carbocycles. The number of morpholine rings is 1. The summed E-state index contributed by atoms with van der Waals surface area (Å²) in [4.78, 5) is 65.1. The summed E-state index contributed by atoms with van der Waals surface area (Å²) in [6.07, 6.45) is 14.9. The summed E-state index contributed by atoms with van der Waals surface area (Å²) < 4.78 is 5.67. The summed E-state index contributed by atoms with van der Waals surface area (Å²) in [6.45, 7) is 9.29. The first-order valence-electron chi connectivity index (χ1n) is 20.6. The van der Waals surface area contributed by atoms with Crippen LogP contribution >= 0.6 is 0 Å². The van der Waals surface area contributed by atoms with E-state index in [2.05, 4.69) is 61.4 Å². The van der Waals surface area contributed by atoms with E-state index in [9.17, 15) is 19.2 Å². The number of ether oxygens (including phenoxy) is 1. The van der Waals surface area contributed by atoms with Gasteiger partial charge < -0.3 is 29.7 Å². The molecule has 3 fully saturated rings. The van der Waals surface area contributed by atoms with Crippen LogP contribution in [0.15, 0.2) is 41.5 Å². The largest absolute Gasteiger partial charge is 0.378 e. The van der Waals surface area contributed by atoms with Crippen LogP contribution in [0.25, 0.3) is 10.9 Å². The molecular weight excluding hydrogens is 679 g/mol. The number of aromatic nitrogens is 1. The van der Waals surface area contributed by atoms with E-state index >= 15 is 0 Å². The zero-order valence-electron chi connectivity index (χ0n) is 33.4. The molecule has 10 nitrogen and oxygen atoms in total. The number of carbonyl (C=O) groups is 4. The molecule has 1 aromatic carbocycles. The summed E-state index contributed by atoms with van der Waals surface area (Å²) in [5.41, 5.74) is 5.96. The summed E-state index contributed by atoms with van der Waals surface area (Å²) in [5.74, 6) is -0.491. The van der Waals surface area contributed by atoms with E-state index in [0.717, 1.165) is 41.4 Å². The second-order valence-electron chi connectivity index (χ2n) is 16.8. The van der Waals surface area contributed by atoms with Crippen molar-refractivity contribution in [2.75, 3.05) is 53.5 Å². The van der Waals surface area contributed by atoms with E-state index in [1.807, 2.05) is 9.80 Å². The lowest BCUT2D eigenvalue weighted by molar-refractivity contribution is -0.169. The quantitative estimate of drug-likeness (QED) is 0.217. The Morgan fingerprint density at radius 3 is 2.52 bits per heavy atom. The van der Waals surface area contributed by atoms with Crippen molar-refractivity contribution in [3.63, 3.8) is 0 Å². The van der Waals surface area contributed by atoms with E-state index < -0.39 is 17.4 Å². The molecule has 10 heteroatoms. The molecule has 2 saturated heterocycles. The number of piperidine rings is 1. The van der Waals surface area contributed by atoms with Gasteiger partial charge in [-0.05, 0) is 88.8 Å². The molecule has 0 bridgehead atoms. The Morgan fingerprint density at radius 2 is 1.80 bits per heavy atom. The van der Waals surface area contributed by atoms with Crippen molar-refractivity contribution >= 4 is 34.5 Å². The number of aromatic amines is 1. The van der Waals surface area contributed by atoms with Gasteiger partial charge in [0.2, 0.25) is 23.6 Å². The third-order valence-corrected chi connectivity index (χ3v) is 12.6. The van der Waals surface area contributed by atoms with Crippen molar-refractivity contribution in [2.45, 2.75) is 110 Å². The van der Waals surface area contributed by atoms with Crippen molar-refractivity contribution in [2.24, 2.45) is 17.8 Å². The molecule has 3 atom stereocenters. The lowest BCUT2D eigenvalue weighted by Gasteiger charge is -2.56. The van der Waals surface area contributed by atoms with Gasteiger partial charge in [0, 0.05) is 75.6 Å². The number of nitrogens with one attached hydrogen (secondary N) is 2. The zero-order chi connectivity index (χ0) is 38.4. The van der Waals surface area contributed by atoms with Crippen molar-refractivity contribution in [1.29, 1.82) is 0 Å². The molecule has 294 valence electrons. The van der Waals surface area contributed by atoms with Gasteiger partial charge >= 0.3 is 0 Å². The highest BCUT2D eigenvalue weighted by molar-refractivity contribution is 5.93. The molecule has 54 heavy (non-hydrogen) atoms. The Bertz CT molecular complexity index is 1740. The minimum atomic E-state index is -0.833. The van der Waals surface area contributed by atoms with Gasteiger partial charge in [0.1, 0.15) is 0 Å². The maximum Gasteiger partial charge on any atom is 0.228 e. The second-order valence-corrected chi connectivity index (χ2v) is 16.8. The molecule has 4 amide bonds. The average molecular weight is 742 g/mol. The first-order valence-corrected chi connectivity index (χ1v) is 20.6. The maximum absolute atomic E-state index is 15.0. The molecule has 2 N–H and O–H groups in total. The fraction of sp³-hybridized carbons (Fsp3) is 0.636. The number of hydrogen-bond acceptors (Lipinski definition) is 5. The number of carbonyl (C=O) groups excluding carboxylic acids is 4. The Balaban J connectivity index is 1.33. The lowest BCUT2D eigenvalue weighted by Crippen LogP contribution is -2.66. The first-order chi connectivity index (χ1) is 26.0. The molecule has 6 rings (SSSR count). The fourth-order valence-electron chi connectivity index (χ4n) is 9.55. The number of hydrogen-bond donors (Lipinski definition) is 2. The van der Waals surface area contributed by atoms with Crippen LogP contribution in [0, 0.1) is 17.8 Å². The summed E-state index contributed by atoms with van der Waals surface area (Å²) in [7, 11) is 3.57. The summed E-state index contributed by atoms with van der Waals surface area (Å²) >= 11 is 0. The number of fused-ring (bicyclic) bond motifs is 5. The third-order valence-electron chi connectivity index (χ3n) is 12.6. The standard InChI is InChI=1S/C44H63N5O5/c1-30(2)9-8-10-31(3)18-21-45-39(50)29-34-28-37(43(53)48-23-25-54-26-24-48)44(20-17-32-11-6-7-12-32)41-36(19-22-49(44)42(34)52)35-15-13-33(27-38(35)46-41)14-16-40(51)47(4)5/h9,13,15,18,27,32,34,37,46H,6-8,10-12,14,16-17,19-26,28-29H2,1-5H3,(H,45,50)/b31-18+/t34-,37-,44+/m1/s1. The van der Waals surface area contributed by atoms with Crippen LogP contribution in [-0.2, 0) is 42.3 Å². The van der Waals surface area contributed by atoms with E-state index in [-0.39, 0.29) is 30.0 Å². The van der Waals surface area contributed by atoms with E-state index in [1.165, 1.54) is 42.4 Å². The molecule has 4 aliphatic rings. The van der Waals surface area contributed by atoms with E-state index in [4.69, 9.17) is 4.74 Å². The van der Waals surface area contributed by atoms with Gasteiger partial charge in [0.25, 0.3) is 0 Å². The minimum Gasteiger partial charge on any atom is -0.378 e. The monoisotopic (exact) mass is 741 g/mol. The first kappa shape index (κ1) is 39.8. The Kier molecular flexibility index (Phi) is 13.0. The third kappa shape index (κ3) is 8.79. The zero-order valence-corrected chi connectivity index (χ0v) is 33.4. The number of benzene rings is 1. The van der Waals surface area contributed by atoms with Crippen molar-refractivity contribution in [3.05, 3.63) is 58.3 Å². The van der Waals surface area contributed by atoms with Gasteiger partial charge in [-0.15, -0.1) is 0 Å². The minimum absolute atomic E-state index is 0.0109. The molecule has 0 spiro atoms. The predicted molar refractivity (Wildman–Crippen MR) is 213 cm³/mol. The summed E-state index contributed by atoms with van der Waals surface area (Å²) in [6, 6.07) is 6.43. The molecule has 1 aromatic heterocycles. The molecule has 2 aromatic rings. The van der Waals surface area contributed by atoms with Crippen LogP contribution < -0.4 is 5.32 Å². The van der Waals surface area contributed by atoms with Crippen LogP contribution in [0.1, 0.15) is 108 Å². The Labute approximate surface area is 322 Å². The normalized spacial score (nSPS) is 23.3. The van der Waals surface area contributed by atoms with Gasteiger partial charge in [0.05, 0.1) is 24.7 Å². The topological polar surface area (TPSA) is 115 Å². The lowest BCUT2D eigenvalue weighted by atomic mass is 9.64. The second kappa shape index (κ2) is 17.7. The van der Waals surface area contributed by atoms with Crippen LogP contribution in [0.4, 0.5) is 0 Å². The van der Waals surface area contributed by atoms with E-state index in [0.29, 0.717) is 77.4 Å². The number of nitrogens with zero attached hydrogens (tertiary/aromatic N) is 3. The highest BCUT2D eigenvalue weighted by Gasteiger charge is 2.59. The fourth-order valence-corrected chi connectivity index (χ4v) is 9.55. The van der Waals surface area contributed by atoms with Crippen molar-refractivity contribution in [1.82, 2.24) is 25.0 Å². The van der Waals surface area contributed by atoms with Crippen molar-refractivity contribution < 1.29 is 23.9 Å². The smallest absolute Gasteiger partial charge is 0.228 e. The molecule has 4 heterocycles. The SMILES string of the molecule is CC(C)=CCC/C(C)=C/CNC(=O)C[C@H]1C[C@H](C(=O)N2CCOCC2)[C@@]2(CCC3CCCC3)c3[nH]c4cc(CCC(=O)N(C)C)ccc4c3CCN2C1=O. The van der Waals surface area contributed by atoms with Gasteiger partial charge in [-0.3, -0.25) is 19.2 Å². The number of allylic oxidation sites excluding steroid dienone is 3. The van der Waals surface area contributed by atoms with Gasteiger partial charge in [-0.25, -0.2) is 0 Å². The van der Waals surface area contributed by atoms with Crippen LogP contribution in [0.5, 0.6) is 0 Å². The highest BCUT2D eigenvalue weighted by atomic mass is 16.5. The molecule has 3 aliphatic heterocycles. The van der Waals surface area contributed by atoms with Gasteiger partial charge in [0.15, 0.2) is 0 Å². The van der Waals surface area contributed by atoms with Crippen LogP contribution in [-0.4, -0.2) is 96.8 Å². The summed E-state index contributed by atoms with van der Waals surface area (Å²) in [5, 5.41) is 4.18. The predicted octanol–water partition coefficient (Wildman–Crippen LogP) is 6.43. The van der Waals surface area contributed by atoms with Crippen LogP contribution in [0.3, 0.4) is 0 Å². The van der Waals surface area contributed by atoms with Crippen molar-refractivity contribution in [3.8, 4) is 0 Å². The van der Waals surface area contributed by atoms with Gasteiger partial charge in [-0.1, -0.05) is 61.1 Å².